The van der Waals surface area contributed by atoms with Crippen molar-refractivity contribution in [2.24, 2.45) is 5.92 Å². The van der Waals surface area contributed by atoms with Crippen LogP contribution in [-0.2, 0) is 5.54 Å². The van der Waals surface area contributed by atoms with Crippen LogP contribution < -0.4 is 5.32 Å². The Balaban J connectivity index is 1.56. The lowest BCUT2D eigenvalue weighted by molar-refractivity contribution is -0.384. The average molecular weight is 351 g/mol. The Morgan fingerprint density at radius 2 is 1.85 bits per heavy atom. The van der Waals surface area contributed by atoms with Crippen molar-refractivity contribution < 1.29 is 9.72 Å². The van der Waals surface area contributed by atoms with Gasteiger partial charge in [-0.3, -0.25) is 10.1 Å². The van der Waals surface area contributed by atoms with E-state index in [1.165, 1.54) is 24.1 Å². The highest BCUT2D eigenvalue weighted by Gasteiger charge is 2.57. The summed E-state index contributed by atoms with van der Waals surface area (Å²) in [5, 5.41) is 13.7. The predicted molar refractivity (Wildman–Crippen MR) is 98.9 cm³/mol. The Kier molecular flexibility index (Phi) is 4.11. The molecule has 1 aliphatic heterocycles. The number of anilines is 1. The lowest BCUT2D eigenvalue weighted by Crippen LogP contribution is -2.68. The van der Waals surface area contributed by atoms with E-state index in [0.717, 1.165) is 25.8 Å². The SMILES string of the molecule is O=C(Nc1ccc([N+](=O)[O-])cc1)N1C[C@@H]2CCCC[C@@]21c1ccccc1. The molecule has 1 heterocycles. The third-order valence-corrected chi connectivity index (χ3v) is 5.77. The molecule has 2 aromatic carbocycles. The Bertz CT molecular complexity index is 822. The van der Waals surface area contributed by atoms with Gasteiger partial charge in [-0.25, -0.2) is 4.79 Å². The van der Waals surface area contributed by atoms with Crippen LogP contribution >= 0.6 is 0 Å². The summed E-state index contributed by atoms with van der Waals surface area (Å²) >= 11 is 0. The molecule has 0 bridgehead atoms. The molecule has 2 fully saturated rings. The van der Waals surface area contributed by atoms with Gasteiger partial charge in [0.1, 0.15) is 0 Å². The van der Waals surface area contributed by atoms with E-state index >= 15 is 0 Å². The van der Waals surface area contributed by atoms with Crippen LogP contribution in [0.4, 0.5) is 16.2 Å². The number of benzene rings is 2. The fraction of sp³-hybridized carbons (Fsp3) is 0.350. The number of nitrogens with zero attached hydrogens (tertiary/aromatic N) is 2. The minimum atomic E-state index is -0.446. The van der Waals surface area contributed by atoms with Crippen molar-refractivity contribution in [1.29, 1.82) is 0 Å². The molecule has 0 aromatic heterocycles. The standard InChI is InChI=1S/C20H21N3O3/c24-19(21-17-9-11-18(12-10-17)23(25)26)22-14-16-8-4-5-13-20(16,22)15-6-2-1-3-7-15/h1-3,6-7,9-12,16H,4-5,8,13-14H2,(H,21,24)/t16-,20+/m0/s1. The zero-order valence-electron chi connectivity index (χ0n) is 14.4. The molecule has 2 aromatic rings. The number of nitro groups is 1. The highest BCUT2D eigenvalue weighted by Crippen LogP contribution is 2.53. The summed E-state index contributed by atoms with van der Waals surface area (Å²) < 4.78 is 0. The topological polar surface area (TPSA) is 75.5 Å². The number of carbonyl (C=O) groups is 1. The largest absolute Gasteiger partial charge is 0.322 e. The van der Waals surface area contributed by atoms with Crippen molar-refractivity contribution >= 4 is 17.4 Å². The van der Waals surface area contributed by atoms with E-state index in [0.29, 0.717) is 11.6 Å². The summed E-state index contributed by atoms with van der Waals surface area (Å²) in [5.41, 5.74) is 1.57. The fourth-order valence-corrected chi connectivity index (χ4v) is 4.48. The Morgan fingerprint density at radius 3 is 2.50 bits per heavy atom. The second-order valence-corrected chi connectivity index (χ2v) is 7.08. The molecule has 2 amide bonds. The maximum absolute atomic E-state index is 12.9. The Morgan fingerprint density at radius 1 is 1.12 bits per heavy atom. The van der Waals surface area contributed by atoms with Crippen molar-refractivity contribution in [3.63, 3.8) is 0 Å². The summed E-state index contributed by atoms with van der Waals surface area (Å²) in [7, 11) is 0. The van der Waals surface area contributed by atoms with Gasteiger partial charge >= 0.3 is 6.03 Å². The molecule has 2 aliphatic rings. The van der Waals surface area contributed by atoms with Crippen LogP contribution in [0.5, 0.6) is 0 Å². The van der Waals surface area contributed by atoms with Gasteiger partial charge in [-0.15, -0.1) is 0 Å². The summed E-state index contributed by atoms with van der Waals surface area (Å²) in [5.74, 6) is 0.501. The van der Waals surface area contributed by atoms with E-state index in [-0.39, 0.29) is 17.3 Å². The van der Waals surface area contributed by atoms with Crippen LogP contribution in [0.1, 0.15) is 31.2 Å². The van der Waals surface area contributed by atoms with E-state index < -0.39 is 4.92 Å². The molecule has 0 unspecified atom stereocenters. The lowest BCUT2D eigenvalue weighted by Gasteiger charge is -2.61. The maximum atomic E-state index is 12.9. The van der Waals surface area contributed by atoms with Gasteiger partial charge in [-0.2, -0.15) is 0 Å². The molecule has 4 rings (SSSR count). The van der Waals surface area contributed by atoms with Crippen LogP contribution in [0.2, 0.25) is 0 Å². The zero-order valence-corrected chi connectivity index (χ0v) is 14.4. The molecule has 2 atom stereocenters. The smallest absolute Gasteiger partial charge is 0.314 e. The van der Waals surface area contributed by atoms with Gasteiger partial charge in [-0.1, -0.05) is 43.2 Å². The normalized spacial score (nSPS) is 24.3. The van der Waals surface area contributed by atoms with Gasteiger partial charge in [-0.05, 0) is 30.5 Å². The van der Waals surface area contributed by atoms with E-state index in [4.69, 9.17) is 0 Å². The summed E-state index contributed by atoms with van der Waals surface area (Å²) in [6.07, 6.45) is 4.47. The van der Waals surface area contributed by atoms with E-state index in [9.17, 15) is 14.9 Å². The first-order chi connectivity index (χ1) is 12.6. The number of urea groups is 1. The number of amides is 2. The third kappa shape index (κ3) is 2.62. The highest BCUT2D eigenvalue weighted by molar-refractivity contribution is 5.91. The number of hydrogen-bond donors (Lipinski definition) is 1. The van der Waals surface area contributed by atoms with Crippen LogP contribution in [0.25, 0.3) is 0 Å². The van der Waals surface area contributed by atoms with Crippen molar-refractivity contribution in [3.8, 4) is 0 Å². The molecule has 6 heteroatoms. The van der Waals surface area contributed by atoms with E-state index in [1.807, 2.05) is 23.1 Å². The Labute approximate surface area is 152 Å². The minimum absolute atomic E-state index is 0.0139. The fourth-order valence-electron chi connectivity index (χ4n) is 4.48. The van der Waals surface area contributed by atoms with Crippen LogP contribution in [0.3, 0.4) is 0 Å². The zero-order chi connectivity index (χ0) is 18.1. The van der Waals surface area contributed by atoms with Crippen molar-refractivity contribution in [3.05, 3.63) is 70.3 Å². The van der Waals surface area contributed by atoms with Gasteiger partial charge in [0.05, 0.1) is 10.5 Å². The van der Waals surface area contributed by atoms with E-state index in [2.05, 4.69) is 17.4 Å². The van der Waals surface area contributed by atoms with Gasteiger partial charge in [0.25, 0.3) is 5.69 Å². The van der Waals surface area contributed by atoms with Crippen LogP contribution in [0.15, 0.2) is 54.6 Å². The molecule has 1 saturated heterocycles. The minimum Gasteiger partial charge on any atom is -0.314 e. The molecule has 1 aliphatic carbocycles. The first-order valence-corrected chi connectivity index (χ1v) is 9.00. The first kappa shape index (κ1) is 16.6. The number of nitro benzene ring substituents is 1. The molecule has 134 valence electrons. The third-order valence-electron chi connectivity index (χ3n) is 5.77. The average Bonchev–Trinajstić information content (AvgIpc) is 2.64. The van der Waals surface area contributed by atoms with Crippen molar-refractivity contribution in [2.75, 3.05) is 11.9 Å². The second kappa shape index (κ2) is 6.44. The van der Waals surface area contributed by atoms with Crippen LogP contribution in [-0.4, -0.2) is 22.4 Å². The summed E-state index contributed by atoms with van der Waals surface area (Å²) in [4.78, 5) is 25.2. The number of non-ortho nitro benzene ring substituents is 1. The molecule has 0 spiro atoms. The number of fused-ring (bicyclic) bond motifs is 1. The number of hydrogen-bond acceptors (Lipinski definition) is 3. The molecular formula is C20H21N3O3. The Hall–Kier alpha value is -2.89. The maximum Gasteiger partial charge on any atom is 0.322 e. The molecule has 1 saturated carbocycles. The molecule has 6 nitrogen and oxygen atoms in total. The second-order valence-electron chi connectivity index (χ2n) is 7.08. The summed E-state index contributed by atoms with van der Waals surface area (Å²) in [6.45, 7) is 0.758. The van der Waals surface area contributed by atoms with Crippen molar-refractivity contribution in [1.82, 2.24) is 4.90 Å². The number of carbonyl (C=O) groups excluding carboxylic acids is 1. The lowest BCUT2D eigenvalue weighted by atomic mass is 9.62. The van der Waals surface area contributed by atoms with Gasteiger partial charge in [0, 0.05) is 30.3 Å². The number of nitrogens with one attached hydrogen (secondary N) is 1. The van der Waals surface area contributed by atoms with Gasteiger partial charge < -0.3 is 10.2 Å². The molecular weight excluding hydrogens is 330 g/mol. The molecule has 1 N–H and O–H groups in total. The quantitative estimate of drug-likeness (QED) is 0.652. The van der Waals surface area contributed by atoms with Gasteiger partial charge in [0.2, 0.25) is 0 Å². The first-order valence-electron chi connectivity index (χ1n) is 9.00. The predicted octanol–water partition coefficient (Wildman–Crippen LogP) is 4.53. The number of rotatable bonds is 3. The highest BCUT2D eigenvalue weighted by atomic mass is 16.6. The van der Waals surface area contributed by atoms with Gasteiger partial charge in [0.15, 0.2) is 0 Å². The monoisotopic (exact) mass is 351 g/mol. The molecule has 0 radical (unpaired) electrons. The van der Waals surface area contributed by atoms with E-state index in [1.54, 1.807) is 12.1 Å². The van der Waals surface area contributed by atoms with Crippen molar-refractivity contribution in [2.45, 2.75) is 31.2 Å². The van der Waals surface area contributed by atoms with Crippen LogP contribution in [0, 0.1) is 16.0 Å². The summed E-state index contributed by atoms with van der Waals surface area (Å²) in [6, 6.07) is 16.1. The number of likely N-dealkylation sites (tertiary alicyclic amines) is 1. The molecule has 26 heavy (non-hydrogen) atoms.